The van der Waals surface area contributed by atoms with Gasteiger partial charge < -0.3 is 14.8 Å². The van der Waals surface area contributed by atoms with Crippen molar-refractivity contribution in [1.82, 2.24) is 5.01 Å². The molecular formula is C21H20ClN5O5. The first kappa shape index (κ1) is 21.6. The molecular weight excluding hydrogens is 438 g/mol. The van der Waals surface area contributed by atoms with E-state index in [1.807, 2.05) is 19.1 Å². The van der Waals surface area contributed by atoms with E-state index < -0.39 is 29.8 Å². The Balaban J connectivity index is 1.49. The van der Waals surface area contributed by atoms with Gasteiger partial charge in [0.1, 0.15) is 18.0 Å². The van der Waals surface area contributed by atoms with Gasteiger partial charge in [-0.25, -0.2) is 4.90 Å². The Morgan fingerprint density at radius 1 is 1.09 bits per heavy atom. The van der Waals surface area contributed by atoms with Gasteiger partial charge in [0.05, 0.1) is 30.6 Å². The van der Waals surface area contributed by atoms with E-state index in [1.165, 1.54) is 25.3 Å². The number of nitrogens with zero attached hydrogens (tertiary/aromatic N) is 4. The number of ether oxygens (including phenoxy) is 2. The third-order valence-electron chi connectivity index (χ3n) is 5.20. The molecule has 1 fully saturated rings. The van der Waals surface area contributed by atoms with Gasteiger partial charge >= 0.3 is 0 Å². The van der Waals surface area contributed by atoms with Crippen LogP contribution < -0.4 is 19.7 Å². The minimum Gasteiger partial charge on any atom is -0.495 e. The van der Waals surface area contributed by atoms with Gasteiger partial charge in [0.2, 0.25) is 5.91 Å². The van der Waals surface area contributed by atoms with Crippen molar-refractivity contribution in [3.8, 4) is 11.5 Å². The lowest BCUT2D eigenvalue weighted by atomic mass is 10.1. The predicted molar refractivity (Wildman–Crippen MR) is 116 cm³/mol. The summed E-state index contributed by atoms with van der Waals surface area (Å²) in [6, 6.07) is 8.09. The van der Waals surface area contributed by atoms with Crippen LogP contribution in [0.2, 0.25) is 5.02 Å². The topological polar surface area (TPSA) is 113 Å². The van der Waals surface area contributed by atoms with Gasteiger partial charge in [-0.05, 0) is 25.1 Å². The number of fused-ring (bicyclic) bond motifs is 1. The Kier molecular flexibility index (Phi) is 5.70. The molecule has 2 aliphatic heterocycles. The first-order chi connectivity index (χ1) is 15.3. The van der Waals surface area contributed by atoms with Crippen molar-refractivity contribution in [2.75, 3.05) is 31.0 Å². The molecule has 32 heavy (non-hydrogen) atoms. The zero-order valence-electron chi connectivity index (χ0n) is 17.5. The molecule has 0 spiro atoms. The third-order valence-corrected chi connectivity index (χ3v) is 5.50. The van der Waals surface area contributed by atoms with E-state index in [1.54, 1.807) is 18.2 Å². The highest BCUT2D eigenvalue weighted by atomic mass is 35.5. The number of nitrogens with one attached hydrogen (secondary N) is 1. The number of hydrogen-bond acceptors (Lipinski definition) is 8. The van der Waals surface area contributed by atoms with Crippen LogP contribution in [0.15, 0.2) is 46.7 Å². The fraction of sp³-hybridized carbons (Fsp3) is 0.286. The fourth-order valence-electron chi connectivity index (χ4n) is 3.60. The Labute approximate surface area is 188 Å². The van der Waals surface area contributed by atoms with E-state index in [4.69, 9.17) is 21.1 Å². The van der Waals surface area contributed by atoms with E-state index in [2.05, 4.69) is 15.7 Å². The SMILES string of the molecule is COc1cc(OC)c(NC(=O)CN2N=N[C@@H]3C(=O)N(c4ccc(C)cc4)C(=O)[C@H]32)cc1Cl. The minimum atomic E-state index is -0.985. The zero-order valence-corrected chi connectivity index (χ0v) is 18.3. The van der Waals surface area contributed by atoms with Crippen LogP contribution in [0.3, 0.4) is 0 Å². The summed E-state index contributed by atoms with van der Waals surface area (Å²) in [6.45, 7) is 1.61. The summed E-state index contributed by atoms with van der Waals surface area (Å²) < 4.78 is 10.4. The molecule has 11 heteroatoms. The second-order valence-electron chi connectivity index (χ2n) is 7.27. The van der Waals surface area contributed by atoms with E-state index in [9.17, 15) is 14.4 Å². The minimum absolute atomic E-state index is 0.287. The number of hydrogen-bond donors (Lipinski definition) is 1. The monoisotopic (exact) mass is 457 g/mol. The molecule has 0 radical (unpaired) electrons. The molecule has 2 heterocycles. The van der Waals surface area contributed by atoms with E-state index >= 15 is 0 Å². The molecule has 0 unspecified atom stereocenters. The lowest BCUT2D eigenvalue weighted by molar-refractivity contribution is -0.123. The molecule has 1 saturated heterocycles. The molecule has 2 aliphatic rings. The average Bonchev–Trinajstić information content (AvgIpc) is 3.28. The second-order valence-corrected chi connectivity index (χ2v) is 7.68. The summed E-state index contributed by atoms with van der Waals surface area (Å²) in [5.74, 6) is -0.703. The van der Waals surface area contributed by atoms with E-state index in [0.717, 1.165) is 10.5 Å². The van der Waals surface area contributed by atoms with Gasteiger partial charge in [0.15, 0.2) is 12.1 Å². The van der Waals surface area contributed by atoms with Crippen LogP contribution >= 0.6 is 11.6 Å². The maximum atomic E-state index is 13.0. The van der Waals surface area contributed by atoms with E-state index in [0.29, 0.717) is 22.9 Å². The highest BCUT2D eigenvalue weighted by molar-refractivity contribution is 6.32. The second kappa shape index (κ2) is 8.46. The number of carbonyl (C=O) groups excluding carboxylic acids is 3. The molecule has 1 N–H and O–H groups in total. The third kappa shape index (κ3) is 3.73. The van der Waals surface area contributed by atoms with Crippen molar-refractivity contribution in [3.05, 3.63) is 47.0 Å². The number of amides is 3. The molecule has 0 aliphatic carbocycles. The lowest BCUT2D eigenvalue weighted by Crippen LogP contribution is -2.43. The van der Waals surface area contributed by atoms with Crippen molar-refractivity contribution in [2.45, 2.75) is 19.0 Å². The largest absolute Gasteiger partial charge is 0.495 e. The van der Waals surface area contributed by atoms with Crippen molar-refractivity contribution in [3.63, 3.8) is 0 Å². The number of halogens is 1. The quantitative estimate of drug-likeness (QED) is 0.667. The lowest BCUT2D eigenvalue weighted by Gasteiger charge is -2.20. The summed E-state index contributed by atoms with van der Waals surface area (Å²) in [7, 11) is 2.91. The summed E-state index contributed by atoms with van der Waals surface area (Å²) >= 11 is 6.14. The number of anilines is 2. The number of benzene rings is 2. The molecule has 10 nitrogen and oxygen atoms in total. The van der Waals surface area contributed by atoms with Gasteiger partial charge in [-0.15, -0.1) is 0 Å². The van der Waals surface area contributed by atoms with Crippen molar-refractivity contribution in [1.29, 1.82) is 0 Å². The molecule has 0 bridgehead atoms. The first-order valence-electron chi connectivity index (χ1n) is 9.67. The number of imide groups is 1. The highest BCUT2D eigenvalue weighted by Crippen LogP contribution is 2.36. The first-order valence-corrected chi connectivity index (χ1v) is 10.0. The summed E-state index contributed by atoms with van der Waals surface area (Å²) in [5.41, 5.74) is 1.78. The van der Waals surface area contributed by atoms with Gasteiger partial charge in [0, 0.05) is 6.07 Å². The van der Waals surface area contributed by atoms with Gasteiger partial charge in [-0.3, -0.25) is 19.4 Å². The maximum Gasteiger partial charge on any atom is 0.263 e. The normalized spacial score (nSPS) is 19.4. The van der Waals surface area contributed by atoms with Crippen LogP contribution in [-0.2, 0) is 14.4 Å². The molecule has 2 aromatic carbocycles. The molecule has 2 aromatic rings. The number of methoxy groups -OCH3 is 2. The number of aryl methyl sites for hydroxylation is 1. The van der Waals surface area contributed by atoms with Crippen LogP contribution in [-0.4, -0.2) is 55.6 Å². The zero-order chi connectivity index (χ0) is 23.0. The van der Waals surface area contributed by atoms with Gasteiger partial charge in [-0.2, -0.15) is 5.11 Å². The van der Waals surface area contributed by atoms with Crippen LogP contribution in [0.25, 0.3) is 0 Å². The van der Waals surface area contributed by atoms with Crippen LogP contribution in [0, 0.1) is 6.92 Å². The Hall–Kier alpha value is -3.66. The Morgan fingerprint density at radius 3 is 2.44 bits per heavy atom. The smallest absolute Gasteiger partial charge is 0.263 e. The maximum absolute atomic E-state index is 13.0. The van der Waals surface area contributed by atoms with Crippen molar-refractivity contribution < 1.29 is 23.9 Å². The van der Waals surface area contributed by atoms with Crippen LogP contribution in [0.1, 0.15) is 5.56 Å². The summed E-state index contributed by atoms with van der Waals surface area (Å²) in [5, 5.41) is 12.0. The Morgan fingerprint density at radius 2 is 1.78 bits per heavy atom. The standard InChI is InChI=1S/C21H20ClN5O5/c1-11-4-6-12(7-5-11)27-20(29)18-19(21(27)30)26(25-24-18)10-17(28)23-14-8-13(22)15(31-2)9-16(14)32-3/h4-9,18-19H,10H2,1-3H3,(H,23,28)/t18-,19-/m0/s1. The molecule has 0 saturated carbocycles. The number of carbonyl (C=O) groups is 3. The van der Waals surface area contributed by atoms with Crippen LogP contribution in [0.5, 0.6) is 11.5 Å². The molecule has 166 valence electrons. The highest BCUT2D eigenvalue weighted by Gasteiger charge is 2.55. The summed E-state index contributed by atoms with van der Waals surface area (Å²) in [4.78, 5) is 39.5. The van der Waals surface area contributed by atoms with Crippen molar-refractivity contribution >= 4 is 40.7 Å². The molecule has 4 rings (SSSR count). The van der Waals surface area contributed by atoms with E-state index in [-0.39, 0.29) is 11.6 Å². The molecule has 2 atom stereocenters. The number of rotatable bonds is 6. The average molecular weight is 458 g/mol. The van der Waals surface area contributed by atoms with Gasteiger partial charge in [-0.1, -0.05) is 34.5 Å². The fourth-order valence-corrected chi connectivity index (χ4v) is 3.84. The summed E-state index contributed by atoms with van der Waals surface area (Å²) in [6.07, 6.45) is 0. The van der Waals surface area contributed by atoms with Crippen molar-refractivity contribution in [2.24, 2.45) is 10.3 Å². The Bertz CT molecular complexity index is 1120. The van der Waals surface area contributed by atoms with Crippen LogP contribution in [0.4, 0.5) is 11.4 Å². The predicted octanol–water partition coefficient (Wildman–Crippen LogP) is 2.60. The molecule has 0 aromatic heterocycles. The van der Waals surface area contributed by atoms with Gasteiger partial charge in [0.25, 0.3) is 11.8 Å². The molecule has 3 amide bonds.